The van der Waals surface area contributed by atoms with Gasteiger partial charge in [-0.05, 0) is 32.0 Å². The average molecular weight is 259 g/mol. The van der Waals surface area contributed by atoms with E-state index in [0.29, 0.717) is 16.9 Å². The minimum absolute atomic E-state index is 0.276. The van der Waals surface area contributed by atoms with Gasteiger partial charge in [-0.25, -0.2) is 0 Å². The van der Waals surface area contributed by atoms with E-state index in [-0.39, 0.29) is 6.04 Å². The molecule has 0 radical (unpaired) electrons. The van der Waals surface area contributed by atoms with Crippen LogP contribution < -0.4 is 16.8 Å². The molecule has 0 aliphatic rings. The second-order valence-corrected chi connectivity index (χ2v) is 4.60. The van der Waals surface area contributed by atoms with Crippen molar-refractivity contribution in [2.45, 2.75) is 19.9 Å². The van der Waals surface area contributed by atoms with Gasteiger partial charge < -0.3 is 16.8 Å². The van der Waals surface area contributed by atoms with Gasteiger partial charge in [-0.15, -0.1) is 0 Å². The number of nitrogens with zero attached hydrogens (tertiary/aromatic N) is 2. The highest BCUT2D eigenvalue weighted by atomic mass is 16.1. The predicted molar refractivity (Wildman–Crippen MR) is 75.3 cm³/mol. The van der Waals surface area contributed by atoms with E-state index in [4.69, 9.17) is 11.5 Å². The van der Waals surface area contributed by atoms with Gasteiger partial charge in [0.15, 0.2) is 0 Å². The van der Waals surface area contributed by atoms with E-state index in [9.17, 15) is 4.79 Å². The molecule has 0 aliphatic heterocycles. The number of nitrogen functional groups attached to an aromatic ring is 1. The molecule has 1 amide bonds. The van der Waals surface area contributed by atoms with Gasteiger partial charge in [-0.2, -0.15) is 5.10 Å². The summed E-state index contributed by atoms with van der Waals surface area (Å²) in [6.07, 6.45) is 3.56. The van der Waals surface area contributed by atoms with Gasteiger partial charge in [0.05, 0.1) is 23.1 Å². The molecular formula is C13H17N5O. The molecule has 0 fully saturated rings. The molecule has 19 heavy (non-hydrogen) atoms. The largest absolute Gasteiger partial charge is 0.399 e. The number of nitrogens with two attached hydrogens (primary N) is 2. The topological polar surface area (TPSA) is 99.0 Å². The van der Waals surface area contributed by atoms with Crippen LogP contribution in [0, 0.1) is 0 Å². The van der Waals surface area contributed by atoms with Gasteiger partial charge in [-0.1, -0.05) is 0 Å². The highest BCUT2D eigenvalue weighted by Gasteiger charge is 2.10. The van der Waals surface area contributed by atoms with Crippen LogP contribution in [0.2, 0.25) is 0 Å². The van der Waals surface area contributed by atoms with Crippen molar-refractivity contribution in [1.29, 1.82) is 0 Å². The highest BCUT2D eigenvalue weighted by molar-refractivity contribution is 6.00. The van der Waals surface area contributed by atoms with Gasteiger partial charge in [0.1, 0.15) is 0 Å². The third-order valence-electron chi connectivity index (χ3n) is 2.72. The Hall–Kier alpha value is -2.50. The normalized spacial score (nSPS) is 10.7. The minimum atomic E-state index is -0.522. The fraction of sp³-hybridized carbons (Fsp3) is 0.231. The fourth-order valence-corrected chi connectivity index (χ4v) is 1.72. The molecule has 0 unspecified atom stereocenters. The van der Waals surface area contributed by atoms with Crippen molar-refractivity contribution in [3.05, 3.63) is 36.2 Å². The number of rotatable bonds is 4. The summed E-state index contributed by atoms with van der Waals surface area (Å²) in [5.74, 6) is -0.522. The Bertz CT molecular complexity index is 603. The molecule has 0 aliphatic carbocycles. The van der Waals surface area contributed by atoms with E-state index >= 15 is 0 Å². The summed E-state index contributed by atoms with van der Waals surface area (Å²) >= 11 is 0. The van der Waals surface area contributed by atoms with Gasteiger partial charge in [-0.3, -0.25) is 9.48 Å². The Kier molecular flexibility index (Phi) is 3.41. The van der Waals surface area contributed by atoms with Crippen molar-refractivity contribution in [3.8, 4) is 0 Å². The number of aromatic nitrogens is 2. The number of hydrogen-bond acceptors (Lipinski definition) is 4. The van der Waals surface area contributed by atoms with Crippen molar-refractivity contribution in [1.82, 2.24) is 9.78 Å². The lowest BCUT2D eigenvalue weighted by Gasteiger charge is -2.09. The number of hydrogen-bond donors (Lipinski definition) is 3. The molecule has 6 heteroatoms. The summed E-state index contributed by atoms with van der Waals surface area (Å²) in [6.45, 7) is 4.07. The van der Waals surface area contributed by atoms with E-state index in [1.165, 1.54) is 0 Å². The van der Waals surface area contributed by atoms with Gasteiger partial charge in [0.2, 0.25) is 0 Å². The maximum atomic E-state index is 11.4. The summed E-state index contributed by atoms with van der Waals surface area (Å²) in [7, 11) is 0. The van der Waals surface area contributed by atoms with Crippen LogP contribution in [0.1, 0.15) is 30.2 Å². The molecule has 100 valence electrons. The zero-order chi connectivity index (χ0) is 14.0. The van der Waals surface area contributed by atoms with Crippen LogP contribution in [0.4, 0.5) is 17.1 Å². The smallest absolute Gasteiger partial charge is 0.250 e. The molecule has 6 nitrogen and oxygen atoms in total. The first kappa shape index (κ1) is 12.9. The summed E-state index contributed by atoms with van der Waals surface area (Å²) in [6, 6.07) is 5.26. The maximum Gasteiger partial charge on any atom is 0.250 e. The fourth-order valence-electron chi connectivity index (χ4n) is 1.72. The molecule has 0 spiro atoms. The number of anilines is 3. The first-order valence-electron chi connectivity index (χ1n) is 5.98. The predicted octanol–water partition coefficient (Wildman–Crippen LogP) is 1.89. The molecule has 2 aromatic rings. The van der Waals surface area contributed by atoms with Gasteiger partial charge in [0, 0.05) is 17.9 Å². The second kappa shape index (κ2) is 5.01. The van der Waals surface area contributed by atoms with Crippen LogP contribution in [0.25, 0.3) is 0 Å². The third kappa shape index (κ3) is 2.85. The number of benzene rings is 1. The number of amides is 1. The van der Waals surface area contributed by atoms with Crippen LogP contribution in [0.5, 0.6) is 0 Å². The molecule has 0 saturated heterocycles. The number of carbonyl (C=O) groups excluding carboxylic acids is 1. The number of nitrogens with one attached hydrogen (secondary N) is 1. The summed E-state index contributed by atoms with van der Waals surface area (Å²) in [5, 5.41) is 7.33. The Morgan fingerprint density at radius 3 is 2.74 bits per heavy atom. The molecule has 0 atom stereocenters. The van der Waals surface area contributed by atoms with Gasteiger partial charge >= 0.3 is 0 Å². The lowest BCUT2D eigenvalue weighted by molar-refractivity contribution is 0.100. The van der Waals surface area contributed by atoms with E-state index in [2.05, 4.69) is 10.4 Å². The molecule has 2 rings (SSSR count). The van der Waals surface area contributed by atoms with Crippen molar-refractivity contribution in [2.24, 2.45) is 5.73 Å². The standard InChI is InChI=1S/C13H17N5O/c1-8(2)18-7-10(6-16-18)17-12-4-3-9(14)5-11(12)13(15)19/h3-8,17H,14H2,1-2H3,(H2,15,19). The molecule has 1 aromatic heterocycles. The molecule has 1 heterocycles. The molecule has 1 aromatic carbocycles. The summed E-state index contributed by atoms with van der Waals surface area (Å²) in [5.41, 5.74) is 13.3. The first-order valence-corrected chi connectivity index (χ1v) is 5.98. The van der Waals surface area contributed by atoms with Crippen LogP contribution in [-0.2, 0) is 0 Å². The SMILES string of the molecule is CC(C)n1cc(Nc2ccc(N)cc2C(N)=O)cn1. The maximum absolute atomic E-state index is 11.4. The van der Waals surface area contributed by atoms with E-state index in [1.54, 1.807) is 24.4 Å². The Morgan fingerprint density at radius 2 is 2.16 bits per heavy atom. The van der Waals surface area contributed by atoms with Crippen LogP contribution >= 0.6 is 0 Å². The van der Waals surface area contributed by atoms with Crippen LogP contribution in [0.3, 0.4) is 0 Å². The molecule has 0 bridgehead atoms. The Balaban J connectivity index is 2.29. The molecule has 5 N–H and O–H groups in total. The summed E-state index contributed by atoms with van der Waals surface area (Å²) < 4.78 is 1.82. The lowest BCUT2D eigenvalue weighted by atomic mass is 10.1. The summed E-state index contributed by atoms with van der Waals surface area (Å²) in [4.78, 5) is 11.4. The van der Waals surface area contributed by atoms with Crippen molar-refractivity contribution in [3.63, 3.8) is 0 Å². The zero-order valence-corrected chi connectivity index (χ0v) is 10.9. The zero-order valence-electron chi connectivity index (χ0n) is 10.9. The lowest BCUT2D eigenvalue weighted by Crippen LogP contribution is -2.13. The molecular weight excluding hydrogens is 242 g/mol. The second-order valence-electron chi connectivity index (χ2n) is 4.60. The Morgan fingerprint density at radius 1 is 1.42 bits per heavy atom. The first-order chi connectivity index (χ1) is 8.97. The van der Waals surface area contributed by atoms with E-state index < -0.39 is 5.91 Å². The van der Waals surface area contributed by atoms with Crippen molar-refractivity contribution < 1.29 is 4.79 Å². The minimum Gasteiger partial charge on any atom is -0.399 e. The van der Waals surface area contributed by atoms with E-state index in [1.807, 2.05) is 24.7 Å². The highest BCUT2D eigenvalue weighted by Crippen LogP contribution is 2.23. The van der Waals surface area contributed by atoms with Crippen LogP contribution in [0.15, 0.2) is 30.6 Å². The molecule has 0 saturated carbocycles. The Labute approximate surface area is 111 Å². The van der Waals surface area contributed by atoms with Crippen LogP contribution in [-0.4, -0.2) is 15.7 Å². The van der Waals surface area contributed by atoms with Gasteiger partial charge in [0.25, 0.3) is 5.91 Å². The third-order valence-corrected chi connectivity index (χ3v) is 2.72. The number of primary amides is 1. The van der Waals surface area contributed by atoms with Crippen molar-refractivity contribution in [2.75, 3.05) is 11.1 Å². The van der Waals surface area contributed by atoms with E-state index in [0.717, 1.165) is 5.69 Å². The number of carbonyl (C=O) groups is 1. The monoisotopic (exact) mass is 259 g/mol. The quantitative estimate of drug-likeness (QED) is 0.730. The van der Waals surface area contributed by atoms with Crippen molar-refractivity contribution >= 4 is 23.0 Å². The average Bonchev–Trinajstić information content (AvgIpc) is 2.80.